The van der Waals surface area contributed by atoms with E-state index in [0.29, 0.717) is 0 Å². The Morgan fingerprint density at radius 2 is 2.10 bits per heavy atom. The van der Waals surface area contributed by atoms with E-state index in [1.54, 1.807) is 0 Å². The van der Waals surface area contributed by atoms with E-state index in [2.05, 4.69) is 19.2 Å². The van der Waals surface area contributed by atoms with Gasteiger partial charge in [0.05, 0.1) is 0 Å². The molecule has 1 nitrogen and oxygen atoms in total. The summed E-state index contributed by atoms with van der Waals surface area (Å²) in [6, 6.07) is 1.57. The first-order chi connectivity index (χ1) is 4.83. The lowest BCUT2D eigenvalue weighted by Crippen LogP contribution is -2.33. The minimum Gasteiger partial charge on any atom is -0.312 e. The standard InChI is InChI=1S/C9H19N.H2/c1-3-8(2)10-9-6-4-5-7-9;/h8-10H,3-7H2,1-2H3;1H/t8-;/m0./s1. The lowest BCUT2D eigenvalue weighted by Gasteiger charge is -2.16. The van der Waals surface area contributed by atoms with Gasteiger partial charge < -0.3 is 5.32 Å². The first-order valence-electron chi connectivity index (χ1n) is 4.59. The normalized spacial score (nSPS) is 23.4. The van der Waals surface area contributed by atoms with Crippen LogP contribution in [0.15, 0.2) is 0 Å². The largest absolute Gasteiger partial charge is 0.312 e. The van der Waals surface area contributed by atoms with Gasteiger partial charge in [-0.05, 0) is 26.2 Å². The van der Waals surface area contributed by atoms with Crippen LogP contribution < -0.4 is 5.32 Å². The number of hydrogen-bond acceptors (Lipinski definition) is 1. The van der Waals surface area contributed by atoms with Crippen LogP contribution in [0.4, 0.5) is 0 Å². The van der Waals surface area contributed by atoms with E-state index in [4.69, 9.17) is 0 Å². The topological polar surface area (TPSA) is 12.0 Å². The van der Waals surface area contributed by atoms with Crippen LogP contribution in [0.3, 0.4) is 0 Å². The molecule has 0 bridgehead atoms. The van der Waals surface area contributed by atoms with Crippen LogP contribution >= 0.6 is 0 Å². The third-order valence-electron chi connectivity index (χ3n) is 2.49. The molecule has 0 heterocycles. The summed E-state index contributed by atoms with van der Waals surface area (Å²) in [5.74, 6) is 0. The zero-order valence-electron chi connectivity index (χ0n) is 7.19. The quantitative estimate of drug-likeness (QED) is 0.640. The second-order valence-corrected chi connectivity index (χ2v) is 3.46. The summed E-state index contributed by atoms with van der Waals surface area (Å²) in [6.07, 6.45) is 6.95. The lowest BCUT2D eigenvalue weighted by molar-refractivity contribution is 0.442. The van der Waals surface area contributed by atoms with Gasteiger partial charge >= 0.3 is 0 Å². The summed E-state index contributed by atoms with van der Waals surface area (Å²) >= 11 is 0. The predicted molar refractivity (Wildman–Crippen MR) is 47.3 cm³/mol. The third kappa shape index (κ3) is 2.30. The fraction of sp³-hybridized carbons (Fsp3) is 1.00. The molecule has 10 heavy (non-hydrogen) atoms. The lowest BCUT2D eigenvalue weighted by atomic mass is 10.2. The van der Waals surface area contributed by atoms with Gasteiger partial charge in [0.2, 0.25) is 0 Å². The van der Waals surface area contributed by atoms with Gasteiger partial charge in [-0.3, -0.25) is 0 Å². The maximum absolute atomic E-state index is 3.63. The van der Waals surface area contributed by atoms with Gasteiger partial charge in [-0.2, -0.15) is 0 Å². The van der Waals surface area contributed by atoms with E-state index in [9.17, 15) is 0 Å². The van der Waals surface area contributed by atoms with Crippen LogP contribution in [-0.4, -0.2) is 12.1 Å². The van der Waals surface area contributed by atoms with Gasteiger partial charge in [-0.25, -0.2) is 0 Å². The fourth-order valence-corrected chi connectivity index (χ4v) is 1.61. The Labute approximate surface area is 65.7 Å². The third-order valence-corrected chi connectivity index (χ3v) is 2.49. The molecule has 0 spiro atoms. The molecule has 0 aromatic carbocycles. The molecule has 0 radical (unpaired) electrons. The highest BCUT2D eigenvalue weighted by molar-refractivity contribution is 4.75. The average molecular weight is 143 g/mol. The van der Waals surface area contributed by atoms with Crippen LogP contribution in [0.1, 0.15) is 47.4 Å². The molecular formula is C9H21N. The fourth-order valence-electron chi connectivity index (χ4n) is 1.61. The molecular weight excluding hydrogens is 122 g/mol. The summed E-state index contributed by atoms with van der Waals surface area (Å²) in [5.41, 5.74) is 0. The van der Waals surface area contributed by atoms with Crippen molar-refractivity contribution in [1.29, 1.82) is 0 Å². The van der Waals surface area contributed by atoms with Crippen molar-refractivity contribution in [3.05, 3.63) is 0 Å². The minimum absolute atomic E-state index is 0. The maximum Gasteiger partial charge on any atom is 0.00695 e. The summed E-state index contributed by atoms with van der Waals surface area (Å²) in [5, 5.41) is 3.63. The zero-order valence-corrected chi connectivity index (χ0v) is 7.19. The van der Waals surface area contributed by atoms with Crippen molar-refractivity contribution < 1.29 is 1.43 Å². The molecule has 0 amide bonds. The molecule has 0 aromatic rings. The van der Waals surface area contributed by atoms with Crippen molar-refractivity contribution >= 4 is 0 Å². The number of rotatable bonds is 3. The monoisotopic (exact) mass is 143 g/mol. The SMILES string of the molecule is CC[C@H](C)NC1CCCC1.[HH]. The van der Waals surface area contributed by atoms with Gasteiger partial charge in [0, 0.05) is 13.5 Å². The summed E-state index contributed by atoms with van der Waals surface area (Å²) in [7, 11) is 0. The molecule has 1 aliphatic carbocycles. The molecule has 0 aliphatic heterocycles. The maximum atomic E-state index is 3.63. The van der Waals surface area contributed by atoms with E-state index >= 15 is 0 Å². The molecule has 1 fully saturated rings. The molecule has 0 aromatic heterocycles. The van der Waals surface area contributed by atoms with Gasteiger partial charge in [-0.15, -0.1) is 0 Å². The van der Waals surface area contributed by atoms with Crippen molar-refractivity contribution in [3.63, 3.8) is 0 Å². The van der Waals surface area contributed by atoms with Crippen molar-refractivity contribution in [2.75, 3.05) is 0 Å². The minimum atomic E-state index is 0. The van der Waals surface area contributed by atoms with Crippen LogP contribution in [0.5, 0.6) is 0 Å². The molecule has 62 valence electrons. The second-order valence-electron chi connectivity index (χ2n) is 3.46. The highest BCUT2D eigenvalue weighted by atomic mass is 14.9. The second kappa shape index (κ2) is 3.97. The van der Waals surface area contributed by atoms with Crippen LogP contribution in [0, 0.1) is 0 Å². The van der Waals surface area contributed by atoms with Gasteiger partial charge in [0.1, 0.15) is 0 Å². The molecule has 1 aliphatic rings. The number of nitrogens with one attached hydrogen (secondary N) is 1. The Balaban J connectivity index is 0.000001000. The van der Waals surface area contributed by atoms with Crippen LogP contribution in [0.25, 0.3) is 0 Å². The Hall–Kier alpha value is -0.0400. The predicted octanol–water partition coefficient (Wildman–Crippen LogP) is 2.56. The molecule has 0 saturated heterocycles. The summed E-state index contributed by atoms with van der Waals surface area (Å²) < 4.78 is 0. The molecule has 1 N–H and O–H groups in total. The molecule has 1 saturated carbocycles. The molecule has 1 atom stereocenters. The van der Waals surface area contributed by atoms with Gasteiger partial charge in [-0.1, -0.05) is 19.8 Å². The van der Waals surface area contributed by atoms with E-state index in [0.717, 1.165) is 12.1 Å². The average Bonchev–Trinajstić information content (AvgIpc) is 2.40. The highest BCUT2D eigenvalue weighted by Gasteiger charge is 2.15. The van der Waals surface area contributed by atoms with E-state index in [1.165, 1.54) is 32.1 Å². The van der Waals surface area contributed by atoms with Crippen LogP contribution in [-0.2, 0) is 0 Å². The zero-order chi connectivity index (χ0) is 7.40. The Morgan fingerprint density at radius 3 is 2.60 bits per heavy atom. The smallest absolute Gasteiger partial charge is 0.00695 e. The van der Waals surface area contributed by atoms with Crippen molar-refractivity contribution in [3.8, 4) is 0 Å². The Morgan fingerprint density at radius 1 is 1.50 bits per heavy atom. The molecule has 1 rings (SSSR count). The van der Waals surface area contributed by atoms with Crippen molar-refractivity contribution in [2.45, 2.75) is 58.0 Å². The molecule has 0 unspecified atom stereocenters. The Bertz CT molecular complexity index is 89.6. The van der Waals surface area contributed by atoms with E-state index < -0.39 is 0 Å². The highest BCUT2D eigenvalue weighted by Crippen LogP contribution is 2.18. The van der Waals surface area contributed by atoms with Crippen molar-refractivity contribution in [1.82, 2.24) is 5.32 Å². The number of hydrogen-bond donors (Lipinski definition) is 1. The van der Waals surface area contributed by atoms with E-state index in [-0.39, 0.29) is 1.43 Å². The van der Waals surface area contributed by atoms with Gasteiger partial charge in [0.25, 0.3) is 0 Å². The van der Waals surface area contributed by atoms with Crippen LogP contribution in [0.2, 0.25) is 0 Å². The first-order valence-corrected chi connectivity index (χ1v) is 4.59. The van der Waals surface area contributed by atoms with Crippen molar-refractivity contribution in [2.24, 2.45) is 0 Å². The van der Waals surface area contributed by atoms with Gasteiger partial charge in [0.15, 0.2) is 0 Å². The Kier molecular flexibility index (Phi) is 3.20. The first kappa shape index (κ1) is 8.06. The summed E-state index contributed by atoms with van der Waals surface area (Å²) in [4.78, 5) is 0. The molecule has 1 heteroatoms. The summed E-state index contributed by atoms with van der Waals surface area (Å²) in [6.45, 7) is 4.52. The van der Waals surface area contributed by atoms with E-state index in [1.807, 2.05) is 0 Å².